The molecule has 0 spiro atoms. The molecule has 0 aliphatic heterocycles. The van der Waals surface area contributed by atoms with Gasteiger partial charge in [-0.05, 0) is 29.8 Å². The zero-order valence-electron chi connectivity index (χ0n) is 17.8. The Bertz CT molecular complexity index is 982. The Balaban J connectivity index is 0.000000245. The van der Waals surface area contributed by atoms with E-state index in [-0.39, 0.29) is 17.5 Å². The number of aromatic hydroxyl groups is 1. The van der Waals surface area contributed by atoms with Gasteiger partial charge in [-0.15, -0.1) is 0 Å². The quantitative estimate of drug-likeness (QED) is 0.576. The molecule has 2 aromatic carbocycles. The highest BCUT2D eigenvalue weighted by Crippen LogP contribution is 2.26. The van der Waals surface area contributed by atoms with Crippen LogP contribution in [0.3, 0.4) is 0 Å². The van der Waals surface area contributed by atoms with Crippen molar-refractivity contribution in [1.29, 1.82) is 0 Å². The van der Waals surface area contributed by atoms with Crippen LogP contribution >= 0.6 is 0 Å². The van der Waals surface area contributed by atoms with Crippen molar-refractivity contribution in [3.05, 3.63) is 66.4 Å². The van der Waals surface area contributed by atoms with Crippen molar-refractivity contribution < 1.29 is 24.1 Å². The zero-order valence-corrected chi connectivity index (χ0v) is 17.8. The number of nitrogens with zero attached hydrogens (tertiary/aromatic N) is 2. The molecule has 1 amide bonds. The number of amides is 1. The Morgan fingerprint density at radius 1 is 0.968 bits per heavy atom. The van der Waals surface area contributed by atoms with Gasteiger partial charge in [-0.1, -0.05) is 12.1 Å². The minimum atomic E-state index is -0.128. The molecule has 8 nitrogen and oxygen atoms in total. The van der Waals surface area contributed by atoms with Crippen LogP contribution in [0.2, 0.25) is 0 Å². The second-order valence-corrected chi connectivity index (χ2v) is 6.16. The van der Waals surface area contributed by atoms with Crippen molar-refractivity contribution in [1.82, 2.24) is 4.98 Å². The molecule has 0 radical (unpaired) electrons. The molecular formula is C23H25N3O5. The van der Waals surface area contributed by atoms with Gasteiger partial charge in [0.2, 0.25) is 5.91 Å². The van der Waals surface area contributed by atoms with Crippen molar-refractivity contribution in [2.75, 3.05) is 26.6 Å². The number of ether oxygens (including phenoxy) is 3. The van der Waals surface area contributed by atoms with Gasteiger partial charge in [0.15, 0.2) is 11.6 Å². The van der Waals surface area contributed by atoms with Crippen LogP contribution in [-0.2, 0) is 4.79 Å². The maximum atomic E-state index is 11.0. The highest BCUT2D eigenvalue weighted by molar-refractivity contribution is 5.90. The molecule has 0 bridgehead atoms. The molecule has 162 valence electrons. The lowest BCUT2D eigenvalue weighted by Crippen LogP contribution is -2.05. The van der Waals surface area contributed by atoms with Crippen LogP contribution in [0.4, 0.5) is 11.5 Å². The Hall–Kier alpha value is -4.07. The fourth-order valence-corrected chi connectivity index (χ4v) is 2.42. The molecule has 1 heterocycles. The number of pyridine rings is 1. The number of hydrogen-bond acceptors (Lipinski definition) is 7. The normalized spacial score (nSPS) is 10.1. The molecule has 3 rings (SSSR count). The third kappa shape index (κ3) is 7.69. The van der Waals surface area contributed by atoms with Crippen LogP contribution in [0.25, 0.3) is 0 Å². The fourth-order valence-electron chi connectivity index (χ4n) is 2.42. The first-order valence-electron chi connectivity index (χ1n) is 9.28. The molecule has 31 heavy (non-hydrogen) atoms. The second kappa shape index (κ2) is 11.8. The number of carbonyl (C=O) groups is 1. The highest BCUT2D eigenvalue weighted by Gasteiger charge is 2.01. The molecule has 8 heteroatoms. The van der Waals surface area contributed by atoms with Crippen LogP contribution in [0.1, 0.15) is 12.5 Å². The Labute approximate surface area is 181 Å². The Morgan fingerprint density at radius 2 is 1.58 bits per heavy atom. The van der Waals surface area contributed by atoms with E-state index in [4.69, 9.17) is 14.2 Å². The maximum absolute atomic E-state index is 11.0. The van der Waals surface area contributed by atoms with Crippen LogP contribution in [-0.4, -0.2) is 43.5 Å². The van der Waals surface area contributed by atoms with E-state index in [9.17, 15) is 9.90 Å². The lowest BCUT2D eigenvalue weighted by molar-refractivity contribution is -0.114. The summed E-state index contributed by atoms with van der Waals surface area (Å²) in [4.78, 5) is 19.0. The molecule has 0 unspecified atom stereocenters. The van der Waals surface area contributed by atoms with E-state index in [2.05, 4.69) is 15.3 Å². The summed E-state index contributed by atoms with van der Waals surface area (Å²) in [5, 5.41) is 12.2. The smallest absolute Gasteiger partial charge is 0.221 e. The first-order chi connectivity index (χ1) is 14.9. The number of aromatic nitrogens is 1. The molecule has 0 saturated carbocycles. The van der Waals surface area contributed by atoms with E-state index in [0.29, 0.717) is 5.69 Å². The summed E-state index contributed by atoms with van der Waals surface area (Å²) in [6, 6.07) is 15.8. The minimum absolute atomic E-state index is 0.0248. The number of benzene rings is 2. The van der Waals surface area contributed by atoms with Crippen molar-refractivity contribution in [2.24, 2.45) is 4.99 Å². The van der Waals surface area contributed by atoms with Gasteiger partial charge in [-0.3, -0.25) is 4.79 Å². The summed E-state index contributed by atoms with van der Waals surface area (Å²) >= 11 is 0. The number of rotatable bonds is 6. The van der Waals surface area contributed by atoms with E-state index >= 15 is 0 Å². The van der Waals surface area contributed by atoms with E-state index < -0.39 is 0 Å². The van der Waals surface area contributed by atoms with Gasteiger partial charge < -0.3 is 24.6 Å². The molecule has 3 aromatic rings. The molecule has 2 N–H and O–H groups in total. The summed E-state index contributed by atoms with van der Waals surface area (Å²) in [7, 11) is 4.82. The predicted molar refractivity (Wildman–Crippen MR) is 120 cm³/mol. The molecule has 0 aliphatic rings. The number of carbonyl (C=O) groups excluding carboxylic acids is 1. The average Bonchev–Trinajstić information content (AvgIpc) is 2.78. The van der Waals surface area contributed by atoms with Gasteiger partial charge >= 0.3 is 0 Å². The molecule has 1 aromatic heterocycles. The summed E-state index contributed by atoms with van der Waals surface area (Å²) in [6.45, 7) is 1.45. The highest BCUT2D eigenvalue weighted by atomic mass is 16.5. The lowest BCUT2D eigenvalue weighted by atomic mass is 10.2. The number of nitrogens with one attached hydrogen (secondary N) is 1. The molecular weight excluding hydrogens is 398 g/mol. The van der Waals surface area contributed by atoms with Gasteiger partial charge in [0, 0.05) is 43.2 Å². The first-order valence-corrected chi connectivity index (χ1v) is 9.28. The molecule has 0 saturated heterocycles. The summed E-state index contributed by atoms with van der Waals surface area (Å²) in [5.74, 6) is 2.34. The van der Waals surface area contributed by atoms with E-state index in [1.807, 2.05) is 12.1 Å². The third-order valence-corrected chi connectivity index (χ3v) is 3.87. The predicted octanol–water partition coefficient (Wildman–Crippen LogP) is 4.21. The lowest BCUT2D eigenvalue weighted by Gasteiger charge is -2.06. The minimum Gasteiger partial charge on any atom is -0.504 e. The van der Waals surface area contributed by atoms with Crippen LogP contribution < -0.4 is 19.5 Å². The summed E-state index contributed by atoms with van der Waals surface area (Å²) in [6.07, 6.45) is 3.13. The van der Waals surface area contributed by atoms with Gasteiger partial charge in [-0.25, -0.2) is 9.98 Å². The van der Waals surface area contributed by atoms with Crippen molar-refractivity contribution in [2.45, 2.75) is 6.92 Å². The standard InChI is InChI=1S/C14H13N3O2.C9H12O3/c1-10(18)17-12-5-2-4-11(8-12)9-16-14-13(19)6-3-7-15-14;1-10-7-4-8(11-2)6-9(5-7)12-3/h2-9,19H,1H3,(H,17,18);4-6H,1-3H3/b16-9+;. The van der Waals surface area contributed by atoms with Crippen LogP contribution in [0, 0.1) is 0 Å². The van der Waals surface area contributed by atoms with Crippen molar-refractivity contribution in [3.63, 3.8) is 0 Å². The Kier molecular flexibility index (Phi) is 8.85. The number of hydrogen-bond donors (Lipinski definition) is 2. The summed E-state index contributed by atoms with van der Waals surface area (Å²) < 4.78 is 15.1. The topological polar surface area (TPSA) is 102 Å². The average molecular weight is 423 g/mol. The third-order valence-electron chi connectivity index (χ3n) is 3.87. The number of anilines is 1. The summed E-state index contributed by atoms with van der Waals surface area (Å²) in [5.41, 5.74) is 1.50. The Morgan fingerprint density at radius 3 is 2.10 bits per heavy atom. The van der Waals surface area contributed by atoms with Gasteiger partial charge in [0.25, 0.3) is 0 Å². The van der Waals surface area contributed by atoms with Crippen LogP contribution in [0.15, 0.2) is 65.8 Å². The molecule has 0 aliphatic carbocycles. The number of methoxy groups -OCH3 is 3. The monoisotopic (exact) mass is 423 g/mol. The SMILES string of the molecule is CC(=O)Nc1cccc(/C=N/c2ncccc2O)c1.COc1cc(OC)cc(OC)c1. The number of aliphatic imine (C=N–C) groups is 1. The fraction of sp³-hybridized carbons (Fsp3) is 0.174. The maximum Gasteiger partial charge on any atom is 0.221 e. The van der Waals surface area contributed by atoms with Gasteiger partial charge in [-0.2, -0.15) is 0 Å². The van der Waals surface area contributed by atoms with E-state index in [0.717, 1.165) is 22.8 Å². The second-order valence-electron chi connectivity index (χ2n) is 6.16. The molecule has 0 fully saturated rings. The van der Waals surface area contributed by atoms with E-state index in [1.165, 1.54) is 13.0 Å². The molecule has 0 atom stereocenters. The first kappa shape index (κ1) is 23.2. The van der Waals surface area contributed by atoms with Crippen molar-refractivity contribution >= 4 is 23.6 Å². The largest absolute Gasteiger partial charge is 0.504 e. The van der Waals surface area contributed by atoms with Gasteiger partial charge in [0.05, 0.1) is 21.3 Å². The van der Waals surface area contributed by atoms with E-state index in [1.54, 1.807) is 70.1 Å². The van der Waals surface area contributed by atoms with Crippen LogP contribution in [0.5, 0.6) is 23.0 Å². The van der Waals surface area contributed by atoms with Crippen molar-refractivity contribution in [3.8, 4) is 23.0 Å². The zero-order chi connectivity index (χ0) is 22.6. The van der Waals surface area contributed by atoms with Gasteiger partial charge in [0.1, 0.15) is 17.2 Å².